The van der Waals surface area contributed by atoms with E-state index in [1.807, 2.05) is 6.20 Å². The number of aromatic nitrogens is 1. The van der Waals surface area contributed by atoms with Crippen molar-refractivity contribution in [2.75, 3.05) is 0 Å². The van der Waals surface area contributed by atoms with E-state index in [0.717, 1.165) is 10.9 Å². The highest BCUT2D eigenvalue weighted by Crippen LogP contribution is 2.37. The molecule has 1 nitrogen and oxygen atoms in total. The van der Waals surface area contributed by atoms with Crippen molar-refractivity contribution in [3.8, 4) is 0 Å². The third-order valence-corrected chi connectivity index (χ3v) is 3.44. The number of halogens is 1. The molecular formula is C14H18FN. The number of hydrogen-bond acceptors (Lipinski definition) is 0. The molecule has 2 heteroatoms. The molecule has 0 radical (unpaired) electrons. The van der Waals surface area contributed by atoms with E-state index in [2.05, 4.69) is 32.7 Å². The fourth-order valence-corrected chi connectivity index (χ4v) is 1.94. The number of H-pyrrole nitrogens is 1. The number of fused-ring (bicyclic) bond motifs is 1. The fourth-order valence-electron chi connectivity index (χ4n) is 1.94. The maximum atomic E-state index is 13.2. The minimum atomic E-state index is -0.172. The molecule has 0 aliphatic heterocycles. The summed E-state index contributed by atoms with van der Waals surface area (Å²) in [6, 6.07) is 4.90. The summed E-state index contributed by atoms with van der Waals surface area (Å²) in [5.74, 6) is 0.220. The van der Waals surface area contributed by atoms with Crippen molar-refractivity contribution >= 4 is 10.9 Å². The van der Waals surface area contributed by atoms with Gasteiger partial charge in [-0.1, -0.05) is 27.7 Å². The zero-order chi connectivity index (χ0) is 11.9. The van der Waals surface area contributed by atoms with Crippen LogP contribution in [0.3, 0.4) is 0 Å². The highest BCUT2D eigenvalue weighted by molar-refractivity contribution is 5.83. The Morgan fingerprint density at radius 2 is 1.94 bits per heavy atom. The van der Waals surface area contributed by atoms with Crippen LogP contribution < -0.4 is 0 Å². The van der Waals surface area contributed by atoms with Gasteiger partial charge >= 0.3 is 0 Å². The van der Waals surface area contributed by atoms with Gasteiger partial charge in [0.1, 0.15) is 5.82 Å². The van der Waals surface area contributed by atoms with Crippen LogP contribution >= 0.6 is 0 Å². The summed E-state index contributed by atoms with van der Waals surface area (Å²) in [6.07, 6.45) is 2.00. The number of nitrogens with one attached hydrogen (secondary N) is 1. The average Bonchev–Trinajstić information content (AvgIpc) is 2.57. The summed E-state index contributed by atoms with van der Waals surface area (Å²) in [7, 11) is 0. The van der Waals surface area contributed by atoms with E-state index in [1.165, 1.54) is 11.6 Å². The third-order valence-electron chi connectivity index (χ3n) is 3.44. The van der Waals surface area contributed by atoms with Gasteiger partial charge in [-0.3, -0.25) is 0 Å². The van der Waals surface area contributed by atoms with Crippen molar-refractivity contribution < 1.29 is 4.39 Å². The summed E-state index contributed by atoms with van der Waals surface area (Å²) in [4.78, 5) is 3.20. The van der Waals surface area contributed by atoms with E-state index in [1.54, 1.807) is 12.1 Å². The summed E-state index contributed by atoms with van der Waals surface area (Å²) in [5, 5.41) is 1.00. The van der Waals surface area contributed by atoms with Crippen LogP contribution in [0, 0.1) is 11.2 Å². The maximum absolute atomic E-state index is 13.2. The molecule has 0 saturated heterocycles. The Bertz CT molecular complexity index is 505. The molecule has 0 amide bonds. The molecule has 0 bridgehead atoms. The summed E-state index contributed by atoms with van der Waals surface area (Å²) < 4.78 is 13.2. The van der Waals surface area contributed by atoms with Gasteiger partial charge < -0.3 is 4.98 Å². The van der Waals surface area contributed by atoms with E-state index >= 15 is 0 Å². The van der Waals surface area contributed by atoms with Crippen LogP contribution in [0.1, 0.15) is 39.2 Å². The van der Waals surface area contributed by atoms with Gasteiger partial charge in [-0.2, -0.15) is 0 Å². The number of hydrogen-bond donors (Lipinski definition) is 1. The van der Waals surface area contributed by atoms with Gasteiger partial charge in [0.25, 0.3) is 0 Å². The largest absolute Gasteiger partial charge is 0.361 e. The van der Waals surface area contributed by atoms with E-state index in [4.69, 9.17) is 0 Å². The molecule has 1 N–H and O–H groups in total. The van der Waals surface area contributed by atoms with Gasteiger partial charge in [0.2, 0.25) is 0 Å². The molecule has 1 unspecified atom stereocenters. The van der Waals surface area contributed by atoms with E-state index in [-0.39, 0.29) is 11.2 Å². The van der Waals surface area contributed by atoms with Gasteiger partial charge in [0, 0.05) is 17.1 Å². The highest BCUT2D eigenvalue weighted by atomic mass is 19.1. The van der Waals surface area contributed by atoms with Crippen LogP contribution in [-0.4, -0.2) is 4.98 Å². The van der Waals surface area contributed by atoms with Crippen molar-refractivity contribution in [3.63, 3.8) is 0 Å². The molecule has 86 valence electrons. The predicted molar refractivity (Wildman–Crippen MR) is 66.1 cm³/mol. The van der Waals surface area contributed by atoms with Gasteiger partial charge in [-0.25, -0.2) is 4.39 Å². The first-order chi connectivity index (χ1) is 7.39. The molecule has 0 aliphatic carbocycles. The SMILES string of the molecule is CC(c1c[nH]c2ccc(F)cc12)C(C)(C)C. The van der Waals surface area contributed by atoms with Crippen LogP contribution in [0.4, 0.5) is 4.39 Å². The number of rotatable bonds is 1. The lowest BCUT2D eigenvalue weighted by atomic mass is 9.78. The summed E-state index contributed by atoms with van der Waals surface area (Å²) >= 11 is 0. The minimum absolute atomic E-state index is 0.172. The Labute approximate surface area is 95.7 Å². The van der Waals surface area contributed by atoms with Crippen molar-refractivity contribution in [2.45, 2.75) is 33.6 Å². The highest BCUT2D eigenvalue weighted by Gasteiger charge is 2.24. The van der Waals surface area contributed by atoms with Crippen LogP contribution in [0.25, 0.3) is 10.9 Å². The maximum Gasteiger partial charge on any atom is 0.123 e. The van der Waals surface area contributed by atoms with Gasteiger partial charge in [0.05, 0.1) is 0 Å². The molecule has 0 spiro atoms. The molecule has 0 aliphatic rings. The molecule has 16 heavy (non-hydrogen) atoms. The van der Waals surface area contributed by atoms with E-state index in [9.17, 15) is 4.39 Å². The van der Waals surface area contributed by atoms with Crippen LogP contribution in [0.2, 0.25) is 0 Å². The second-order valence-corrected chi connectivity index (χ2v) is 5.52. The molecule has 1 heterocycles. The Morgan fingerprint density at radius 3 is 2.56 bits per heavy atom. The second-order valence-electron chi connectivity index (χ2n) is 5.52. The smallest absolute Gasteiger partial charge is 0.123 e. The second kappa shape index (κ2) is 3.62. The first-order valence-corrected chi connectivity index (χ1v) is 5.66. The zero-order valence-corrected chi connectivity index (χ0v) is 10.3. The number of benzene rings is 1. The first kappa shape index (κ1) is 11.2. The third kappa shape index (κ3) is 1.84. The van der Waals surface area contributed by atoms with Gasteiger partial charge in [0.15, 0.2) is 0 Å². The van der Waals surface area contributed by atoms with E-state index < -0.39 is 0 Å². The summed E-state index contributed by atoms with van der Waals surface area (Å²) in [6.45, 7) is 8.80. The fraction of sp³-hybridized carbons (Fsp3) is 0.429. The lowest BCUT2D eigenvalue weighted by Gasteiger charge is -2.27. The molecule has 0 saturated carbocycles. The minimum Gasteiger partial charge on any atom is -0.361 e. The van der Waals surface area contributed by atoms with Crippen molar-refractivity contribution in [3.05, 3.63) is 35.8 Å². The van der Waals surface area contributed by atoms with Crippen LogP contribution in [0.15, 0.2) is 24.4 Å². The standard InChI is InChI=1S/C14H18FN/c1-9(14(2,3)4)12-8-16-13-6-5-10(15)7-11(12)13/h5-9,16H,1-4H3. The summed E-state index contributed by atoms with van der Waals surface area (Å²) in [5.41, 5.74) is 2.39. The van der Waals surface area contributed by atoms with Crippen molar-refractivity contribution in [1.29, 1.82) is 0 Å². The monoisotopic (exact) mass is 219 g/mol. The molecule has 0 fully saturated rings. The first-order valence-electron chi connectivity index (χ1n) is 5.66. The lowest BCUT2D eigenvalue weighted by molar-refractivity contribution is 0.341. The molecule has 2 aromatic rings. The molecule has 1 aromatic carbocycles. The zero-order valence-electron chi connectivity index (χ0n) is 10.3. The molecule has 1 atom stereocenters. The number of aromatic amines is 1. The van der Waals surface area contributed by atoms with Gasteiger partial charge in [-0.15, -0.1) is 0 Å². The van der Waals surface area contributed by atoms with Crippen molar-refractivity contribution in [2.24, 2.45) is 5.41 Å². The van der Waals surface area contributed by atoms with Crippen LogP contribution in [0.5, 0.6) is 0 Å². The van der Waals surface area contributed by atoms with Crippen molar-refractivity contribution in [1.82, 2.24) is 4.98 Å². The van der Waals surface area contributed by atoms with E-state index in [0.29, 0.717) is 5.92 Å². The molecule has 2 rings (SSSR count). The molecular weight excluding hydrogens is 201 g/mol. The quantitative estimate of drug-likeness (QED) is 0.729. The Balaban J connectivity index is 2.57. The molecule has 1 aromatic heterocycles. The Hall–Kier alpha value is -1.31. The van der Waals surface area contributed by atoms with Gasteiger partial charge in [-0.05, 0) is 35.1 Å². The average molecular weight is 219 g/mol. The Morgan fingerprint density at radius 1 is 1.25 bits per heavy atom. The predicted octanol–water partition coefficient (Wildman–Crippen LogP) is 4.46. The van der Waals surface area contributed by atoms with Crippen LogP contribution in [-0.2, 0) is 0 Å². The Kier molecular flexibility index (Phi) is 2.53. The lowest BCUT2D eigenvalue weighted by Crippen LogP contribution is -2.14. The normalized spacial score (nSPS) is 14.3. The topological polar surface area (TPSA) is 15.8 Å².